The van der Waals surface area contributed by atoms with Crippen LogP contribution in [0.25, 0.3) is 0 Å². The third-order valence-electron chi connectivity index (χ3n) is 1.49. The molecule has 0 atom stereocenters. The minimum Gasteiger partial charge on any atom is -0.461 e. The Morgan fingerprint density at radius 1 is 1.77 bits per heavy atom. The molecular weight excluding hydrogens is 170 g/mol. The van der Waals surface area contributed by atoms with E-state index in [0.29, 0.717) is 12.3 Å². The first-order chi connectivity index (χ1) is 6.15. The van der Waals surface area contributed by atoms with Crippen LogP contribution in [-0.4, -0.2) is 22.4 Å². The van der Waals surface area contributed by atoms with Gasteiger partial charge in [-0.15, -0.1) is 0 Å². The maximum Gasteiger partial charge on any atom is 0.361 e. The van der Waals surface area contributed by atoms with E-state index in [-0.39, 0.29) is 5.69 Å². The van der Waals surface area contributed by atoms with Gasteiger partial charge in [0.25, 0.3) is 0 Å². The number of carbonyl (C=O) groups is 1. The Balaban J connectivity index is 2.70. The summed E-state index contributed by atoms with van der Waals surface area (Å²) in [7, 11) is 1.70. The van der Waals surface area contributed by atoms with E-state index in [0.717, 1.165) is 6.42 Å². The highest BCUT2D eigenvalue weighted by Crippen LogP contribution is 2.09. The Bertz CT molecular complexity index is 306. The van der Waals surface area contributed by atoms with Crippen molar-refractivity contribution in [2.75, 3.05) is 12.3 Å². The van der Waals surface area contributed by atoms with Crippen LogP contribution in [0.5, 0.6) is 0 Å². The molecule has 0 bridgehead atoms. The number of nitrogens with zero attached hydrogens (tertiary/aromatic N) is 2. The van der Waals surface area contributed by atoms with E-state index in [1.54, 1.807) is 13.2 Å². The molecular formula is C8H13N3O2. The number of aryl methyl sites for hydroxylation is 1. The van der Waals surface area contributed by atoms with Gasteiger partial charge in [-0.2, -0.15) is 5.10 Å². The highest BCUT2D eigenvalue weighted by atomic mass is 16.5. The molecule has 72 valence electrons. The van der Waals surface area contributed by atoms with Crippen molar-refractivity contribution >= 4 is 11.7 Å². The lowest BCUT2D eigenvalue weighted by atomic mass is 10.4. The standard InChI is InChI=1S/C8H13N3O2/c1-3-4-13-8(12)7-6(9)5-11(2)10-7/h5H,3-4,9H2,1-2H3. The fourth-order valence-electron chi connectivity index (χ4n) is 0.929. The van der Waals surface area contributed by atoms with Gasteiger partial charge in [0.15, 0.2) is 5.69 Å². The predicted molar refractivity (Wildman–Crippen MR) is 48.2 cm³/mol. The third kappa shape index (κ3) is 2.21. The summed E-state index contributed by atoms with van der Waals surface area (Å²) in [5.41, 5.74) is 6.07. The topological polar surface area (TPSA) is 70.1 Å². The van der Waals surface area contributed by atoms with Gasteiger partial charge in [-0.25, -0.2) is 4.79 Å². The predicted octanol–water partition coefficient (Wildman–Crippen LogP) is 0.569. The van der Waals surface area contributed by atoms with Crippen LogP contribution >= 0.6 is 0 Å². The molecule has 0 saturated heterocycles. The molecule has 0 unspecified atom stereocenters. The zero-order chi connectivity index (χ0) is 9.84. The van der Waals surface area contributed by atoms with Gasteiger partial charge in [0.1, 0.15) is 0 Å². The largest absolute Gasteiger partial charge is 0.461 e. The van der Waals surface area contributed by atoms with Gasteiger partial charge in [-0.05, 0) is 6.42 Å². The van der Waals surface area contributed by atoms with Gasteiger partial charge in [0, 0.05) is 13.2 Å². The summed E-state index contributed by atoms with van der Waals surface area (Å²) in [5, 5.41) is 3.88. The van der Waals surface area contributed by atoms with E-state index in [4.69, 9.17) is 10.5 Å². The van der Waals surface area contributed by atoms with Crippen LogP contribution in [0.15, 0.2) is 6.20 Å². The molecule has 0 fully saturated rings. The Labute approximate surface area is 76.5 Å². The number of rotatable bonds is 3. The summed E-state index contributed by atoms with van der Waals surface area (Å²) in [6.07, 6.45) is 2.36. The van der Waals surface area contributed by atoms with Crippen LogP contribution in [0.4, 0.5) is 5.69 Å². The van der Waals surface area contributed by atoms with Crippen LogP contribution in [0.3, 0.4) is 0 Å². The number of hydrogen-bond acceptors (Lipinski definition) is 4. The molecule has 0 aromatic carbocycles. The molecule has 0 aliphatic carbocycles. The molecule has 0 spiro atoms. The van der Waals surface area contributed by atoms with Crippen LogP contribution < -0.4 is 5.73 Å². The second kappa shape index (κ2) is 3.93. The molecule has 2 N–H and O–H groups in total. The highest BCUT2D eigenvalue weighted by Gasteiger charge is 2.14. The van der Waals surface area contributed by atoms with E-state index in [2.05, 4.69) is 5.10 Å². The van der Waals surface area contributed by atoms with E-state index in [9.17, 15) is 4.79 Å². The van der Waals surface area contributed by atoms with Crippen LogP contribution in [0.2, 0.25) is 0 Å². The Morgan fingerprint density at radius 3 is 2.92 bits per heavy atom. The minimum atomic E-state index is -0.458. The van der Waals surface area contributed by atoms with Crippen molar-refractivity contribution in [3.63, 3.8) is 0 Å². The van der Waals surface area contributed by atoms with Gasteiger partial charge >= 0.3 is 5.97 Å². The first-order valence-electron chi connectivity index (χ1n) is 4.11. The van der Waals surface area contributed by atoms with Gasteiger partial charge < -0.3 is 10.5 Å². The number of anilines is 1. The second-order valence-electron chi connectivity index (χ2n) is 2.74. The summed E-state index contributed by atoms with van der Waals surface area (Å²) in [4.78, 5) is 11.3. The highest BCUT2D eigenvalue weighted by molar-refractivity contribution is 5.92. The Morgan fingerprint density at radius 2 is 2.46 bits per heavy atom. The molecule has 0 radical (unpaired) electrons. The number of carbonyl (C=O) groups excluding carboxylic acids is 1. The summed E-state index contributed by atoms with van der Waals surface area (Å²) < 4.78 is 6.36. The number of nitrogen functional groups attached to an aromatic ring is 1. The van der Waals surface area contributed by atoms with Crippen molar-refractivity contribution in [2.24, 2.45) is 7.05 Å². The van der Waals surface area contributed by atoms with Crippen molar-refractivity contribution in [3.05, 3.63) is 11.9 Å². The molecule has 13 heavy (non-hydrogen) atoms. The van der Waals surface area contributed by atoms with Crippen molar-refractivity contribution in [2.45, 2.75) is 13.3 Å². The van der Waals surface area contributed by atoms with Crippen LogP contribution in [0, 0.1) is 0 Å². The van der Waals surface area contributed by atoms with E-state index < -0.39 is 5.97 Å². The van der Waals surface area contributed by atoms with Crippen molar-refractivity contribution in [1.82, 2.24) is 9.78 Å². The smallest absolute Gasteiger partial charge is 0.361 e. The first-order valence-corrected chi connectivity index (χ1v) is 4.11. The molecule has 1 rings (SSSR count). The fourth-order valence-corrected chi connectivity index (χ4v) is 0.929. The van der Waals surface area contributed by atoms with Crippen molar-refractivity contribution in [1.29, 1.82) is 0 Å². The average Bonchev–Trinajstić information content (AvgIpc) is 2.41. The lowest BCUT2D eigenvalue weighted by Gasteiger charge is -1.99. The van der Waals surface area contributed by atoms with Gasteiger partial charge in [-0.1, -0.05) is 6.92 Å². The molecule has 5 heteroatoms. The molecule has 1 heterocycles. The molecule has 0 saturated carbocycles. The number of esters is 1. The van der Waals surface area contributed by atoms with Gasteiger partial charge in [0.2, 0.25) is 0 Å². The van der Waals surface area contributed by atoms with Crippen LogP contribution in [-0.2, 0) is 11.8 Å². The first kappa shape index (κ1) is 9.57. The molecule has 5 nitrogen and oxygen atoms in total. The van der Waals surface area contributed by atoms with Crippen LogP contribution in [0.1, 0.15) is 23.8 Å². The third-order valence-corrected chi connectivity index (χ3v) is 1.49. The van der Waals surface area contributed by atoms with E-state index in [1.807, 2.05) is 6.92 Å². The lowest BCUT2D eigenvalue weighted by Crippen LogP contribution is -2.09. The zero-order valence-corrected chi connectivity index (χ0v) is 7.78. The summed E-state index contributed by atoms with van der Waals surface area (Å²) >= 11 is 0. The number of aromatic nitrogens is 2. The van der Waals surface area contributed by atoms with E-state index in [1.165, 1.54) is 4.68 Å². The monoisotopic (exact) mass is 183 g/mol. The normalized spacial score (nSPS) is 10.0. The quantitative estimate of drug-likeness (QED) is 0.695. The zero-order valence-electron chi connectivity index (χ0n) is 7.78. The Hall–Kier alpha value is -1.52. The number of nitrogens with two attached hydrogens (primary N) is 1. The van der Waals surface area contributed by atoms with Gasteiger partial charge in [-0.3, -0.25) is 4.68 Å². The Kier molecular flexibility index (Phi) is 2.89. The minimum absolute atomic E-state index is 0.191. The summed E-state index contributed by atoms with van der Waals surface area (Å²) in [6, 6.07) is 0. The lowest BCUT2D eigenvalue weighted by molar-refractivity contribution is 0.0498. The molecule has 0 amide bonds. The molecule has 0 aliphatic heterocycles. The fraction of sp³-hybridized carbons (Fsp3) is 0.500. The van der Waals surface area contributed by atoms with Crippen molar-refractivity contribution in [3.8, 4) is 0 Å². The molecule has 1 aromatic heterocycles. The number of ether oxygens (including phenoxy) is 1. The van der Waals surface area contributed by atoms with E-state index >= 15 is 0 Å². The molecule has 0 aliphatic rings. The SMILES string of the molecule is CCCOC(=O)c1nn(C)cc1N. The molecule has 1 aromatic rings. The summed E-state index contributed by atoms with van der Waals surface area (Å²) in [5.74, 6) is -0.458. The van der Waals surface area contributed by atoms with Crippen molar-refractivity contribution < 1.29 is 9.53 Å². The second-order valence-corrected chi connectivity index (χ2v) is 2.74. The maximum atomic E-state index is 11.3. The summed E-state index contributed by atoms with van der Waals surface area (Å²) in [6.45, 7) is 2.32. The maximum absolute atomic E-state index is 11.3. The van der Waals surface area contributed by atoms with Gasteiger partial charge in [0.05, 0.1) is 12.3 Å². The average molecular weight is 183 g/mol. The number of hydrogen-bond donors (Lipinski definition) is 1.